The molecule has 0 saturated carbocycles. The molecule has 3 aromatic rings. The summed E-state index contributed by atoms with van der Waals surface area (Å²) in [7, 11) is 0. The van der Waals surface area contributed by atoms with Crippen LogP contribution in [-0.4, -0.2) is 34.1 Å². The van der Waals surface area contributed by atoms with Crippen molar-refractivity contribution in [2.45, 2.75) is 26.4 Å². The highest BCUT2D eigenvalue weighted by molar-refractivity contribution is 5.73. The number of hydrogen-bond acceptors (Lipinski definition) is 7. The van der Waals surface area contributed by atoms with Crippen molar-refractivity contribution < 1.29 is 13.5 Å². The summed E-state index contributed by atoms with van der Waals surface area (Å²) in [6.07, 6.45) is 3.19. The highest BCUT2D eigenvalue weighted by Gasteiger charge is 2.25. The number of rotatable bonds is 5. The van der Waals surface area contributed by atoms with Gasteiger partial charge in [-0.15, -0.1) is 0 Å². The molecule has 7 nitrogen and oxygen atoms in total. The number of benzene rings is 1. The molecule has 0 unspecified atom stereocenters. The predicted molar refractivity (Wildman–Crippen MR) is 111 cm³/mol. The van der Waals surface area contributed by atoms with Gasteiger partial charge >= 0.3 is 0 Å². The van der Waals surface area contributed by atoms with E-state index in [0.29, 0.717) is 42.7 Å². The molecule has 0 saturated heterocycles. The van der Waals surface area contributed by atoms with E-state index < -0.39 is 11.6 Å². The number of nitrogens with zero attached hydrogens (tertiary/aromatic N) is 4. The zero-order valence-corrected chi connectivity index (χ0v) is 16.7. The first-order chi connectivity index (χ1) is 14.5. The van der Waals surface area contributed by atoms with Crippen LogP contribution in [0.25, 0.3) is 11.3 Å². The zero-order valence-electron chi connectivity index (χ0n) is 16.7. The van der Waals surface area contributed by atoms with Gasteiger partial charge in [0.25, 0.3) is 0 Å². The van der Waals surface area contributed by atoms with E-state index in [1.807, 2.05) is 18.7 Å². The van der Waals surface area contributed by atoms with Gasteiger partial charge < -0.3 is 20.7 Å². The number of anilines is 3. The molecule has 9 heteroatoms. The average Bonchev–Trinajstić information content (AvgIpc) is 2.75. The normalized spacial score (nSPS) is 13.2. The first-order valence-corrected chi connectivity index (χ1v) is 9.64. The average molecular weight is 412 g/mol. The van der Waals surface area contributed by atoms with Gasteiger partial charge in [0.2, 0.25) is 5.95 Å². The third-order valence-electron chi connectivity index (χ3n) is 4.84. The number of nitrogens with two attached hydrogens (primary N) is 1. The molecule has 0 bridgehead atoms. The fourth-order valence-electron chi connectivity index (χ4n) is 3.33. The Morgan fingerprint density at radius 3 is 2.63 bits per heavy atom. The molecule has 2 aromatic heterocycles. The summed E-state index contributed by atoms with van der Waals surface area (Å²) in [6.45, 7) is 5.38. The smallest absolute Gasteiger partial charge is 0.228 e. The fraction of sp³-hybridized carbons (Fsp3) is 0.286. The van der Waals surface area contributed by atoms with Gasteiger partial charge in [0.15, 0.2) is 11.6 Å². The van der Waals surface area contributed by atoms with E-state index >= 15 is 0 Å². The van der Waals surface area contributed by atoms with Crippen LogP contribution in [0.3, 0.4) is 0 Å². The Labute approximate surface area is 172 Å². The van der Waals surface area contributed by atoms with E-state index in [2.05, 4.69) is 20.3 Å². The monoisotopic (exact) mass is 412 g/mol. The molecule has 0 spiro atoms. The van der Waals surface area contributed by atoms with Crippen LogP contribution >= 0.6 is 0 Å². The summed E-state index contributed by atoms with van der Waals surface area (Å²) in [6, 6.07) is 5.83. The largest absolute Gasteiger partial charge is 0.486 e. The van der Waals surface area contributed by atoms with Crippen molar-refractivity contribution in [1.29, 1.82) is 0 Å². The van der Waals surface area contributed by atoms with Crippen LogP contribution in [0.5, 0.6) is 5.75 Å². The molecule has 1 aliphatic heterocycles. The molecule has 1 aliphatic rings. The molecule has 0 fully saturated rings. The fourth-order valence-corrected chi connectivity index (χ4v) is 3.33. The summed E-state index contributed by atoms with van der Waals surface area (Å²) in [5, 5.41) is 2.93. The Hall–Kier alpha value is -3.33. The standard InChI is InChI=1S/C21H22F2N6O/c1-12(2)29-5-6-30-20-16(23)7-14(8-17(20)29)19-15(22)3-4-18(27-19)28-21-25-10-13(9-24)11-26-21/h3-4,7-8,10-12H,5-6,9,24H2,1-2H3,(H,25,26,27,28). The molecular weight excluding hydrogens is 390 g/mol. The molecule has 3 N–H and O–H groups in total. The van der Waals surface area contributed by atoms with Crippen molar-refractivity contribution in [2.24, 2.45) is 5.73 Å². The number of pyridine rings is 1. The summed E-state index contributed by atoms with van der Waals surface area (Å²) in [5.74, 6) is -0.294. The summed E-state index contributed by atoms with van der Waals surface area (Å²) < 4.78 is 34.9. The lowest BCUT2D eigenvalue weighted by molar-refractivity contribution is 0.287. The first-order valence-electron chi connectivity index (χ1n) is 9.64. The molecule has 4 rings (SSSR count). The molecule has 1 aromatic carbocycles. The quantitative estimate of drug-likeness (QED) is 0.661. The van der Waals surface area contributed by atoms with Crippen LogP contribution in [-0.2, 0) is 6.54 Å². The number of aromatic nitrogens is 3. The lowest BCUT2D eigenvalue weighted by atomic mass is 10.1. The van der Waals surface area contributed by atoms with Gasteiger partial charge in [0, 0.05) is 36.1 Å². The van der Waals surface area contributed by atoms with Gasteiger partial charge in [-0.1, -0.05) is 0 Å². The maximum absolute atomic E-state index is 14.8. The highest BCUT2D eigenvalue weighted by atomic mass is 19.1. The number of nitrogens with one attached hydrogen (secondary N) is 1. The third kappa shape index (κ3) is 3.88. The van der Waals surface area contributed by atoms with Gasteiger partial charge in [-0.3, -0.25) is 0 Å². The summed E-state index contributed by atoms with van der Waals surface area (Å²) >= 11 is 0. The minimum absolute atomic E-state index is 0.0227. The van der Waals surface area contributed by atoms with Gasteiger partial charge in [-0.25, -0.2) is 23.7 Å². The van der Waals surface area contributed by atoms with Crippen LogP contribution in [0.15, 0.2) is 36.7 Å². The Bertz CT molecular complexity index is 1060. The van der Waals surface area contributed by atoms with Crippen LogP contribution in [0.1, 0.15) is 19.4 Å². The van der Waals surface area contributed by atoms with Crippen LogP contribution in [0.2, 0.25) is 0 Å². The lowest BCUT2D eigenvalue weighted by Gasteiger charge is -2.34. The molecule has 0 aliphatic carbocycles. The van der Waals surface area contributed by atoms with Crippen molar-refractivity contribution in [3.05, 3.63) is 53.9 Å². The van der Waals surface area contributed by atoms with E-state index in [9.17, 15) is 8.78 Å². The Morgan fingerprint density at radius 2 is 1.93 bits per heavy atom. The van der Waals surface area contributed by atoms with Crippen LogP contribution in [0.4, 0.5) is 26.2 Å². The molecule has 156 valence electrons. The predicted octanol–water partition coefficient (Wildman–Crippen LogP) is 3.63. The number of ether oxygens (including phenoxy) is 1. The van der Waals surface area contributed by atoms with Crippen molar-refractivity contribution in [3.63, 3.8) is 0 Å². The van der Waals surface area contributed by atoms with Gasteiger partial charge in [-0.05, 0) is 38.1 Å². The summed E-state index contributed by atoms with van der Waals surface area (Å²) in [5.41, 5.74) is 7.27. The van der Waals surface area contributed by atoms with E-state index in [0.717, 1.165) is 5.56 Å². The number of fused-ring (bicyclic) bond motifs is 1. The minimum atomic E-state index is -0.563. The number of hydrogen-bond donors (Lipinski definition) is 2. The maximum atomic E-state index is 14.8. The first kappa shape index (κ1) is 20.0. The molecule has 0 atom stereocenters. The van der Waals surface area contributed by atoms with E-state index in [4.69, 9.17) is 10.5 Å². The van der Waals surface area contributed by atoms with Crippen LogP contribution < -0.4 is 20.7 Å². The van der Waals surface area contributed by atoms with Crippen molar-refractivity contribution in [1.82, 2.24) is 15.0 Å². The lowest BCUT2D eigenvalue weighted by Crippen LogP contribution is -2.38. The van der Waals surface area contributed by atoms with Gasteiger partial charge in [0.1, 0.15) is 23.9 Å². The second kappa shape index (κ2) is 8.19. The third-order valence-corrected chi connectivity index (χ3v) is 4.84. The zero-order chi connectivity index (χ0) is 21.3. The number of halogens is 2. The topological polar surface area (TPSA) is 89.2 Å². The van der Waals surface area contributed by atoms with Crippen molar-refractivity contribution in [3.8, 4) is 17.0 Å². The molecule has 0 amide bonds. The second-order valence-corrected chi connectivity index (χ2v) is 7.21. The molecule has 30 heavy (non-hydrogen) atoms. The van der Waals surface area contributed by atoms with E-state index in [-0.39, 0.29) is 17.5 Å². The Kier molecular flexibility index (Phi) is 5.45. The molecular formula is C21H22F2N6O. The Balaban J connectivity index is 1.71. The van der Waals surface area contributed by atoms with Crippen molar-refractivity contribution >= 4 is 17.5 Å². The highest BCUT2D eigenvalue weighted by Crippen LogP contribution is 2.39. The SMILES string of the molecule is CC(C)N1CCOc2c(F)cc(-c3nc(Nc4ncc(CN)cn4)ccc3F)cc21. The summed E-state index contributed by atoms with van der Waals surface area (Å²) in [4.78, 5) is 14.7. The molecule has 0 radical (unpaired) electrons. The second-order valence-electron chi connectivity index (χ2n) is 7.21. The van der Waals surface area contributed by atoms with E-state index in [1.165, 1.54) is 18.2 Å². The maximum Gasteiger partial charge on any atom is 0.228 e. The van der Waals surface area contributed by atoms with Gasteiger partial charge in [0.05, 0.1) is 12.2 Å². The van der Waals surface area contributed by atoms with E-state index in [1.54, 1.807) is 18.5 Å². The van der Waals surface area contributed by atoms with Crippen molar-refractivity contribution in [2.75, 3.05) is 23.4 Å². The minimum Gasteiger partial charge on any atom is -0.486 e. The van der Waals surface area contributed by atoms with Crippen LogP contribution in [0, 0.1) is 11.6 Å². The molecule has 3 heterocycles. The Morgan fingerprint density at radius 1 is 1.17 bits per heavy atom. The van der Waals surface area contributed by atoms with Gasteiger partial charge in [-0.2, -0.15) is 0 Å².